The van der Waals surface area contributed by atoms with Gasteiger partial charge in [0.2, 0.25) is 5.85 Å². The summed E-state index contributed by atoms with van der Waals surface area (Å²) in [4.78, 5) is 38.5. The number of hydrogen-bond acceptors (Lipinski definition) is 10. The number of hydrogen-bond donors (Lipinski definition) is 0. The van der Waals surface area contributed by atoms with E-state index in [1.54, 1.807) is 60.7 Å². The highest BCUT2D eigenvalue weighted by Gasteiger charge is 2.50. The molecule has 0 amide bonds. The molecule has 0 aliphatic rings. The van der Waals surface area contributed by atoms with Crippen molar-refractivity contribution in [1.29, 1.82) is 0 Å². The Morgan fingerprint density at radius 2 is 1.27 bits per heavy atom. The van der Waals surface area contributed by atoms with Crippen LogP contribution in [-0.2, 0) is 55.4 Å². The van der Waals surface area contributed by atoms with Crippen LogP contribution in [0.1, 0.15) is 31.9 Å². The van der Waals surface area contributed by atoms with Crippen molar-refractivity contribution in [1.82, 2.24) is 0 Å². The van der Waals surface area contributed by atoms with E-state index in [0.29, 0.717) is 11.1 Å². The number of ether oxygens (including phenoxy) is 3. The Morgan fingerprint density at radius 3 is 1.68 bits per heavy atom. The van der Waals surface area contributed by atoms with Crippen LogP contribution in [0.5, 0.6) is 0 Å². The summed E-state index contributed by atoms with van der Waals surface area (Å²) in [6.07, 6.45) is -3.18. The second kappa shape index (κ2) is 14.8. The third-order valence-corrected chi connectivity index (χ3v) is 6.70. The summed E-state index contributed by atoms with van der Waals surface area (Å²) in [6, 6.07) is 17.4. The molecule has 0 saturated carbocycles. The van der Waals surface area contributed by atoms with Crippen molar-refractivity contribution < 1.29 is 42.2 Å². The largest absolute Gasteiger partial charge is 0.458 e. The van der Waals surface area contributed by atoms with Crippen LogP contribution in [0.3, 0.4) is 0 Å². The van der Waals surface area contributed by atoms with Gasteiger partial charge in [0, 0.05) is 25.7 Å². The van der Waals surface area contributed by atoms with Crippen LogP contribution in [0.25, 0.3) is 10.4 Å². The third kappa shape index (κ3) is 10.1. The molecule has 2 aromatic carbocycles. The zero-order chi connectivity index (χ0) is 27.3. The smallest absolute Gasteiger partial charge is 0.375 e. The second-order valence-electron chi connectivity index (χ2n) is 7.69. The topological polar surface area (TPSA) is 163 Å². The van der Waals surface area contributed by atoms with Crippen LogP contribution in [0, 0.1) is 0 Å². The molecule has 0 radical (unpaired) electrons. The van der Waals surface area contributed by atoms with Crippen molar-refractivity contribution in [2.75, 3.05) is 6.54 Å². The van der Waals surface area contributed by atoms with Gasteiger partial charge < -0.3 is 23.3 Å². The molecule has 0 aliphatic carbocycles. The number of carbonyl (C=O) groups excluding carboxylic acids is 3. The Kier molecular flexibility index (Phi) is 11.8. The van der Waals surface area contributed by atoms with Crippen molar-refractivity contribution in [2.24, 2.45) is 5.11 Å². The van der Waals surface area contributed by atoms with E-state index in [1.165, 1.54) is 0 Å². The normalized spacial score (nSPS) is 13.4. The fourth-order valence-corrected chi connectivity index (χ4v) is 5.11. The highest BCUT2D eigenvalue weighted by atomic mass is 31.2. The minimum atomic E-state index is -4.50. The summed E-state index contributed by atoms with van der Waals surface area (Å²) in [5.74, 6) is -4.47. The van der Waals surface area contributed by atoms with Gasteiger partial charge >= 0.3 is 25.5 Å². The fourth-order valence-electron chi connectivity index (χ4n) is 3.19. The standard InChI is InChI=1S/C24H28N3O9P/c1-17(28)34-22(14-26-27-25)23(35-18(2)29)24(36-19(3)30)37(31,32-15-20-10-6-4-7-11-20)33-16-21-12-8-5-9-13-21/h4-13,22-24H,14-16H2,1-3H3/t22-,23+,24-/m0/s1. The molecule has 12 nitrogen and oxygen atoms in total. The number of nitrogens with zero attached hydrogens (tertiary/aromatic N) is 3. The molecule has 2 rings (SSSR count). The van der Waals surface area contributed by atoms with Gasteiger partial charge in [0.15, 0.2) is 6.10 Å². The fraction of sp³-hybridized carbons (Fsp3) is 0.375. The van der Waals surface area contributed by atoms with Gasteiger partial charge in [0.25, 0.3) is 0 Å². The van der Waals surface area contributed by atoms with E-state index in [-0.39, 0.29) is 13.2 Å². The summed E-state index contributed by atoms with van der Waals surface area (Å²) >= 11 is 0. The maximum Gasteiger partial charge on any atom is 0.375 e. The first-order valence-electron chi connectivity index (χ1n) is 11.1. The average Bonchev–Trinajstić information content (AvgIpc) is 2.87. The molecular weight excluding hydrogens is 505 g/mol. The lowest BCUT2D eigenvalue weighted by molar-refractivity contribution is -0.177. The van der Waals surface area contributed by atoms with Gasteiger partial charge in [-0.05, 0) is 16.7 Å². The Hall–Kier alpha value is -3.69. The first kappa shape index (κ1) is 29.5. The van der Waals surface area contributed by atoms with Gasteiger partial charge in [0.1, 0.15) is 6.10 Å². The Labute approximate surface area is 214 Å². The molecule has 0 spiro atoms. The first-order valence-corrected chi connectivity index (χ1v) is 12.7. The molecule has 2 aromatic rings. The van der Waals surface area contributed by atoms with Crippen LogP contribution in [0.4, 0.5) is 0 Å². The zero-order valence-corrected chi connectivity index (χ0v) is 21.5. The molecule has 0 N–H and O–H groups in total. The van der Waals surface area contributed by atoms with Crippen molar-refractivity contribution in [3.05, 3.63) is 82.2 Å². The molecule has 0 fully saturated rings. The van der Waals surface area contributed by atoms with Crippen LogP contribution in [-0.4, -0.2) is 42.5 Å². The van der Waals surface area contributed by atoms with Gasteiger partial charge in [0.05, 0.1) is 19.8 Å². The molecule has 0 saturated heterocycles. The van der Waals surface area contributed by atoms with Crippen LogP contribution >= 0.6 is 7.60 Å². The highest BCUT2D eigenvalue weighted by molar-refractivity contribution is 7.54. The van der Waals surface area contributed by atoms with E-state index in [1.807, 2.05) is 0 Å². The highest BCUT2D eigenvalue weighted by Crippen LogP contribution is 2.57. The quantitative estimate of drug-likeness (QED) is 0.0838. The Morgan fingerprint density at radius 1 is 0.811 bits per heavy atom. The van der Waals surface area contributed by atoms with Crippen molar-refractivity contribution >= 4 is 25.5 Å². The van der Waals surface area contributed by atoms with E-state index < -0.39 is 50.1 Å². The number of azide groups is 1. The predicted octanol–water partition coefficient (Wildman–Crippen LogP) is 4.68. The average molecular weight is 533 g/mol. The maximum absolute atomic E-state index is 14.3. The Balaban J connectivity index is 2.56. The lowest BCUT2D eigenvalue weighted by Gasteiger charge is -2.34. The third-order valence-electron chi connectivity index (χ3n) is 4.70. The van der Waals surface area contributed by atoms with Crippen LogP contribution in [0.2, 0.25) is 0 Å². The molecular formula is C24H28N3O9P. The summed E-state index contributed by atoms with van der Waals surface area (Å²) in [5, 5.41) is 3.38. The summed E-state index contributed by atoms with van der Waals surface area (Å²) < 4.78 is 41.7. The minimum Gasteiger partial charge on any atom is -0.458 e. The first-order chi connectivity index (χ1) is 17.6. The molecule has 0 heterocycles. The molecule has 3 atom stereocenters. The number of rotatable bonds is 14. The summed E-state index contributed by atoms with van der Waals surface area (Å²) in [6.45, 7) is 2.22. The SMILES string of the molecule is CC(=O)O[C@H]([C@H](CN=[N+]=[N-])OC(C)=O)[C@@H](OC(C)=O)P(=O)(OCc1ccccc1)OCc1ccccc1. The lowest BCUT2D eigenvalue weighted by atomic mass is 10.2. The van der Waals surface area contributed by atoms with E-state index in [0.717, 1.165) is 20.8 Å². The number of esters is 3. The van der Waals surface area contributed by atoms with Crippen molar-refractivity contribution in [3.8, 4) is 0 Å². The van der Waals surface area contributed by atoms with Crippen molar-refractivity contribution in [2.45, 2.75) is 52.0 Å². The molecule has 0 aliphatic heterocycles. The number of benzene rings is 2. The Bertz CT molecular complexity index is 1090. The summed E-state index contributed by atoms with van der Waals surface area (Å²) in [5.41, 5.74) is 10.1. The molecule has 37 heavy (non-hydrogen) atoms. The second-order valence-corrected chi connectivity index (χ2v) is 9.80. The molecule has 198 valence electrons. The van der Waals surface area contributed by atoms with Gasteiger partial charge in [-0.25, -0.2) is 0 Å². The van der Waals surface area contributed by atoms with Gasteiger partial charge in [-0.15, -0.1) is 0 Å². The lowest BCUT2D eigenvalue weighted by Crippen LogP contribution is -2.46. The minimum absolute atomic E-state index is 0.216. The van der Waals surface area contributed by atoms with Gasteiger partial charge in [-0.1, -0.05) is 65.8 Å². The zero-order valence-electron chi connectivity index (χ0n) is 20.6. The van der Waals surface area contributed by atoms with E-state index in [4.69, 9.17) is 28.8 Å². The molecule has 0 aromatic heterocycles. The molecule has 0 bridgehead atoms. The van der Waals surface area contributed by atoms with E-state index in [9.17, 15) is 18.9 Å². The number of carbonyl (C=O) groups is 3. The summed E-state index contributed by atoms with van der Waals surface area (Å²) in [7, 11) is -4.50. The van der Waals surface area contributed by atoms with Crippen LogP contribution < -0.4 is 0 Å². The van der Waals surface area contributed by atoms with E-state index in [2.05, 4.69) is 10.0 Å². The van der Waals surface area contributed by atoms with Crippen LogP contribution in [0.15, 0.2) is 65.8 Å². The van der Waals surface area contributed by atoms with Gasteiger partial charge in [-0.3, -0.25) is 18.9 Å². The predicted molar refractivity (Wildman–Crippen MR) is 131 cm³/mol. The molecule has 13 heteroatoms. The van der Waals surface area contributed by atoms with Crippen molar-refractivity contribution in [3.63, 3.8) is 0 Å². The van der Waals surface area contributed by atoms with E-state index >= 15 is 0 Å². The maximum atomic E-state index is 14.3. The monoisotopic (exact) mass is 533 g/mol. The van der Waals surface area contributed by atoms with Gasteiger partial charge in [-0.2, -0.15) is 0 Å². The molecule has 0 unspecified atom stereocenters.